The maximum atomic E-state index is 6.03. The van der Waals surface area contributed by atoms with Crippen molar-refractivity contribution in [3.8, 4) is 17.2 Å². The van der Waals surface area contributed by atoms with Crippen LogP contribution in [0.1, 0.15) is 32.3 Å². The van der Waals surface area contributed by atoms with Gasteiger partial charge in [-0.25, -0.2) is 0 Å². The topological polar surface area (TPSA) is 39.7 Å². The van der Waals surface area contributed by atoms with Gasteiger partial charge in [-0.05, 0) is 63.7 Å². The van der Waals surface area contributed by atoms with Crippen LogP contribution in [0.15, 0.2) is 12.1 Å². The van der Waals surface area contributed by atoms with E-state index in [0.29, 0.717) is 11.7 Å². The zero-order valence-electron chi connectivity index (χ0n) is 13.6. The maximum Gasteiger partial charge on any atom is 0.203 e. The van der Waals surface area contributed by atoms with Gasteiger partial charge in [0.15, 0.2) is 11.5 Å². The van der Waals surface area contributed by atoms with E-state index in [9.17, 15) is 0 Å². The smallest absolute Gasteiger partial charge is 0.203 e. The molecule has 1 fully saturated rings. The Morgan fingerprint density at radius 2 is 1.81 bits per heavy atom. The maximum absolute atomic E-state index is 6.03. The molecular formula is C17H27NO3. The van der Waals surface area contributed by atoms with Gasteiger partial charge >= 0.3 is 0 Å². The van der Waals surface area contributed by atoms with Crippen LogP contribution in [0.3, 0.4) is 0 Å². The lowest BCUT2D eigenvalue weighted by Crippen LogP contribution is -2.28. The minimum Gasteiger partial charge on any atom is -0.493 e. The molecule has 1 N–H and O–H groups in total. The van der Waals surface area contributed by atoms with Crippen LogP contribution in [0, 0.1) is 5.92 Å². The second-order valence-electron chi connectivity index (χ2n) is 5.85. The monoisotopic (exact) mass is 293 g/mol. The molecule has 118 valence electrons. The fourth-order valence-corrected chi connectivity index (χ4v) is 2.86. The molecule has 1 heterocycles. The molecule has 0 aromatic heterocycles. The summed E-state index contributed by atoms with van der Waals surface area (Å²) < 4.78 is 17.0. The Labute approximate surface area is 127 Å². The summed E-state index contributed by atoms with van der Waals surface area (Å²) in [5.74, 6) is 2.98. The Morgan fingerprint density at radius 3 is 2.38 bits per heavy atom. The first-order valence-electron chi connectivity index (χ1n) is 7.77. The molecular weight excluding hydrogens is 266 g/mol. The number of benzene rings is 1. The standard InChI is InChI=1S/C17H27NO3/c1-12(2)21-16-14(11-13-7-9-18-10-8-13)5-6-15(19-3)17(16)20-4/h5-6,12-13,18H,7-11H2,1-4H3. The highest BCUT2D eigenvalue weighted by Gasteiger charge is 2.21. The second kappa shape index (κ2) is 7.55. The Balaban J connectivity index is 2.29. The van der Waals surface area contributed by atoms with Gasteiger partial charge in [0.05, 0.1) is 20.3 Å². The lowest BCUT2D eigenvalue weighted by atomic mass is 9.90. The number of rotatable bonds is 6. The molecule has 0 amide bonds. The highest BCUT2D eigenvalue weighted by Crippen LogP contribution is 2.41. The molecule has 1 saturated heterocycles. The van der Waals surface area contributed by atoms with Crippen molar-refractivity contribution in [2.45, 2.75) is 39.2 Å². The van der Waals surface area contributed by atoms with Gasteiger partial charge in [0.1, 0.15) is 0 Å². The van der Waals surface area contributed by atoms with Crippen molar-refractivity contribution in [2.24, 2.45) is 5.92 Å². The average Bonchev–Trinajstić information content (AvgIpc) is 2.49. The molecule has 0 atom stereocenters. The first kappa shape index (κ1) is 16.0. The normalized spacial score (nSPS) is 16.0. The quantitative estimate of drug-likeness (QED) is 0.875. The first-order valence-corrected chi connectivity index (χ1v) is 7.77. The molecule has 1 aromatic rings. The minimum atomic E-state index is 0.109. The molecule has 2 rings (SSSR count). The van der Waals surface area contributed by atoms with Crippen LogP contribution in [0.2, 0.25) is 0 Å². The molecule has 0 spiro atoms. The van der Waals surface area contributed by atoms with Gasteiger partial charge in [-0.2, -0.15) is 0 Å². The Bertz CT molecular complexity index is 454. The molecule has 21 heavy (non-hydrogen) atoms. The van der Waals surface area contributed by atoms with E-state index in [1.54, 1.807) is 14.2 Å². The third kappa shape index (κ3) is 4.03. The van der Waals surface area contributed by atoms with Crippen LogP contribution in [0.4, 0.5) is 0 Å². The third-order valence-corrected chi connectivity index (χ3v) is 3.90. The van der Waals surface area contributed by atoms with Crippen molar-refractivity contribution in [1.29, 1.82) is 0 Å². The zero-order chi connectivity index (χ0) is 15.2. The Hall–Kier alpha value is -1.42. The van der Waals surface area contributed by atoms with Crippen molar-refractivity contribution in [2.75, 3.05) is 27.3 Å². The van der Waals surface area contributed by atoms with Crippen LogP contribution < -0.4 is 19.5 Å². The largest absolute Gasteiger partial charge is 0.493 e. The lowest BCUT2D eigenvalue weighted by Gasteiger charge is -2.25. The number of nitrogens with one attached hydrogen (secondary N) is 1. The lowest BCUT2D eigenvalue weighted by molar-refractivity contribution is 0.222. The molecule has 0 saturated carbocycles. The van der Waals surface area contributed by atoms with E-state index in [-0.39, 0.29) is 6.10 Å². The predicted octanol–water partition coefficient (Wildman–Crippen LogP) is 3.03. The molecule has 1 aliphatic heterocycles. The molecule has 0 radical (unpaired) electrons. The first-order chi connectivity index (χ1) is 10.2. The van der Waals surface area contributed by atoms with E-state index in [0.717, 1.165) is 31.0 Å². The Kier molecular flexibility index (Phi) is 5.74. The van der Waals surface area contributed by atoms with Crippen molar-refractivity contribution < 1.29 is 14.2 Å². The van der Waals surface area contributed by atoms with E-state index in [1.165, 1.54) is 18.4 Å². The van der Waals surface area contributed by atoms with Crippen molar-refractivity contribution in [3.63, 3.8) is 0 Å². The summed E-state index contributed by atoms with van der Waals surface area (Å²) in [5, 5.41) is 3.41. The summed E-state index contributed by atoms with van der Waals surface area (Å²) in [4.78, 5) is 0. The van der Waals surface area contributed by atoms with E-state index < -0.39 is 0 Å². The van der Waals surface area contributed by atoms with Crippen LogP contribution >= 0.6 is 0 Å². The number of hydrogen-bond acceptors (Lipinski definition) is 4. The minimum absolute atomic E-state index is 0.109. The summed E-state index contributed by atoms with van der Waals surface area (Å²) in [6.07, 6.45) is 3.58. The number of piperidine rings is 1. The summed E-state index contributed by atoms with van der Waals surface area (Å²) >= 11 is 0. The van der Waals surface area contributed by atoms with Gasteiger partial charge in [0, 0.05) is 0 Å². The van der Waals surface area contributed by atoms with Crippen molar-refractivity contribution in [3.05, 3.63) is 17.7 Å². The highest BCUT2D eigenvalue weighted by atomic mass is 16.5. The fraction of sp³-hybridized carbons (Fsp3) is 0.647. The van der Waals surface area contributed by atoms with Crippen LogP contribution in [-0.2, 0) is 6.42 Å². The van der Waals surface area contributed by atoms with Crippen molar-refractivity contribution >= 4 is 0 Å². The van der Waals surface area contributed by atoms with E-state index >= 15 is 0 Å². The predicted molar refractivity (Wildman–Crippen MR) is 84.6 cm³/mol. The number of methoxy groups -OCH3 is 2. The third-order valence-electron chi connectivity index (χ3n) is 3.90. The Morgan fingerprint density at radius 1 is 1.10 bits per heavy atom. The average molecular weight is 293 g/mol. The summed E-state index contributed by atoms with van der Waals surface area (Å²) in [6, 6.07) is 4.09. The second-order valence-corrected chi connectivity index (χ2v) is 5.85. The summed E-state index contributed by atoms with van der Waals surface area (Å²) in [5.41, 5.74) is 1.22. The van der Waals surface area contributed by atoms with Gasteiger partial charge < -0.3 is 19.5 Å². The van der Waals surface area contributed by atoms with Crippen molar-refractivity contribution in [1.82, 2.24) is 5.32 Å². The molecule has 0 aliphatic carbocycles. The molecule has 1 aliphatic rings. The van der Waals surface area contributed by atoms with Gasteiger partial charge in [0.2, 0.25) is 5.75 Å². The molecule has 1 aromatic carbocycles. The van der Waals surface area contributed by atoms with E-state index in [2.05, 4.69) is 11.4 Å². The highest BCUT2D eigenvalue weighted by molar-refractivity contribution is 5.56. The van der Waals surface area contributed by atoms with Gasteiger partial charge in [-0.1, -0.05) is 6.07 Å². The van der Waals surface area contributed by atoms with Crippen LogP contribution in [0.25, 0.3) is 0 Å². The number of hydrogen-bond donors (Lipinski definition) is 1. The van der Waals surface area contributed by atoms with Gasteiger partial charge in [-0.3, -0.25) is 0 Å². The molecule has 0 bridgehead atoms. The van der Waals surface area contributed by atoms with Crippen LogP contribution in [0.5, 0.6) is 17.2 Å². The van der Waals surface area contributed by atoms with Gasteiger partial charge in [-0.15, -0.1) is 0 Å². The molecule has 4 heteroatoms. The van der Waals surface area contributed by atoms with E-state index in [4.69, 9.17) is 14.2 Å². The SMILES string of the molecule is COc1ccc(CC2CCNCC2)c(OC(C)C)c1OC. The fourth-order valence-electron chi connectivity index (χ4n) is 2.86. The van der Waals surface area contributed by atoms with Gasteiger partial charge in [0.25, 0.3) is 0 Å². The number of ether oxygens (including phenoxy) is 3. The molecule has 4 nitrogen and oxygen atoms in total. The summed E-state index contributed by atoms with van der Waals surface area (Å²) in [6.45, 7) is 6.29. The van der Waals surface area contributed by atoms with E-state index in [1.807, 2.05) is 19.9 Å². The summed E-state index contributed by atoms with van der Waals surface area (Å²) in [7, 11) is 3.32. The zero-order valence-corrected chi connectivity index (χ0v) is 13.6. The molecule has 0 unspecified atom stereocenters. The van der Waals surface area contributed by atoms with Crippen LogP contribution in [-0.4, -0.2) is 33.4 Å².